The van der Waals surface area contributed by atoms with Crippen molar-refractivity contribution in [2.24, 2.45) is 0 Å². The Bertz CT molecular complexity index is 159. The van der Waals surface area contributed by atoms with E-state index in [9.17, 15) is 14.4 Å². The largest absolute Gasteiger partial charge is 0.528 e. The smallest absolute Gasteiger partial charge is 0.449 e. The zero-order chi connectivity index (χ0) is 8.15. The van der Waals surface area contributed by atoms with Crippen molar-refractivity contribution >= 4 is 18.5 Å². The Kier molecular flexibility index (Phi) is 13.5. The van der Waals surface area contributed by atoms with Crippen molar-refractivity contribution in [2.75, 3.05) is 0 Å². The second-order valence-electron chi connectivity index (χ2n) is 0.986. The summed E-state index contributed by atoms with van der Waals surface area (Å²) in [6.45, 7) is 0. The van der Waals surface area contributed by atoms with Crippen molar-refractivity contribution in [1.82, 2.24) is 0 Å². The molecule has 0 aromatic rings. The number of ether oxygens (including phenoxy) is 2. The molecule has 0 saturated carbocycles. The predicted octanol–water partition coefficient (Wildman–Crippen LogP) is 0.491. The van der Waals surface area contributed by atoms with E-state index in [4.69, 9.17) is 10.2 Å². The first-order valence-corrected chi connectivity index (χ1v) is 1.88. The van der Waals surface area contributed by atoms with Crippen LogP contribution in [0.2, 0.25) is 0 Å². The zero-order valence-electron chi connectivity index (χ0n) is 5.44. The third-order valence-corrected chi connectivity index (χ3v) is 0.341. The Morgan fingerprint density at radius 1 is 0.833 bits per heavy atom. The minimum absolute atomic E-state index is 0. The van der Waals surface area contributed by atoms with E-state index in [-0.39, 0.29) is 52.4 Å². The van der Waals surface area contributed by atoms with Gasteiger partial charge in [-0.1, -0.05) is 0 Å². The second-order valence-corrected chi connectivity index (χ2v) is 0.986. The number of rotatable bonds is 0. The van der Waals surface area contributed by atoms with Gasteiger partial charge in [0.1, 0.15) is 0 Å². The molecule has 0 amide bonds. The molecular weight excluding hydrogens is 330 g/mol. The Balaban J connectivity index is -0.000000405. The van der Waals surface area contributed by atoms with Gasteiger partial charge in [0.2, 0.25) is 0 Å². The van der Waals surface area contributed by atoms with E-state index < -0.39 is 18.5 Å². The summed E-state index contributed by atoms with van der Waals surface area (Å²) >= 11 is 0. The Hall–Kier alpha value is -0.0238. The zero-order valence-corrected chi connectivity index (χ0v) is 10.4. The van der Waals surface area contributed by atoms with Gasteiger partial charge < -0.3 is 19.7 Å². The van der Waals surface area contributed by atoms with Crippen LogP contribution in [0.1, 0.15) is 0 Å². The molecule has 0 aromatic heterocycles. The average molecular weight is 332 g/mol. The van der Waals surface area contributed by atoms with Crippen LogP contribution in [0, 0.1) is 0 Å². The summed E-state index contributed by atoms with van der Waals surface area (Å²) in [6, 6.07) is 0. The van der Waals surface area contributed by atoms with Crippen molar-refractivity contribution in [2.45, 2.75) is 0 Å². The molecule has 0 aliphatic carbocycles. The van der Waals surface area contributed by atoms with Crippen LogP contribution < -0.4 is 0 Å². The molecule has 0 radical (unpaired) electrons. The Labute approximate surface area is 104 Å². The molecule has 0 bridgehead atoms. The van der Waals surface area contributed by atoms with Crippen molar-refractivity contribution in [1.29, 1.82) is 0 Å². The molecular formula is C3H2O7Zr2. The molecule has 0 rings (SSSR count). The van der Waals surface area contributed by atoms with Crippen molar-refractivity contribution in [3.05, 3.63) is 0 Å². The van der Waals surface area contributed by atoms with E-state index in [1.165, 1.54) is 0 Å². The average Bonchev–Trinajstić information content (AvgIpc) is 1.58. The van der Waals surface area contributed by atoms with Crippen LogP contribution in [0.5, 0.6) is 0 Å². The molecule has 64 valence electrons. The van der Waals surface area contributed by atoms with Crippen LogP contribution in [0.4, 0.5) is 14.4 Å². The molecule has 0 saturated heterocycles. The van der Waals surface area contributed by atoms with Crippen LogP contribution in [-0.4, -0.2) is 28.7 Å². The van der Waals surface area contributed by atoms with Gasteiger partial charge in [-0.15, -0.1) is 0 Å². The van der Waals surface area contributed by atoms with Gasteiger partial charge in [0.05, 0.1) is 0 Å². The molecule has 12 heavy (non-hydrogen) atoms. The SMILES string of the molecule is O=C(O)OC(=O)OC(=O)O.[Zr].[Zr]. The summed E-state index contributed by atoms with van der Waals surface area (Å²) in [4.78, 5) is 28.8. The van der Waals surface area contributed by atoms with Crippen molar-refractivity contribution < 1.29 is 86.5 Å². The maximum absolute atomic E-state index is 9.86. The molecule has 0 spiro atoms. The van der Waals surface area contributed by atoms with E-state index in [0.29, 0.717) is 0 Å². The van der Waals surface area contributed by atoms with E-state index in [1.807, 2.05) is 0 Å². The molecule has 0 heterocycles. The van der Waals surface area contributed by atoms with E-state index in [1.54, 1.807) is 0 Å². The topological polar surface area (TPSA) is 110 Å². The van der Waals surface area contributed by atoms with Gasteiger partial charge in [0, 0.05) is 52.4 Å². The summed E-state index contributed by atoms with van der Waals surface area (Å²) in [6.07, 6.45) is -5.64. The Morgan fingerprint density at radius 2 is 1.08 bits per heavy atom. The van der Waals surface area contributed by atoms with E-state index in [0.717, 1.165) is 0 Å². The van der Waals surface area contributed by atoms with E-state index in [2.05, 4.69) is 9.47 Å². The third-order valence-electron chi connectivity index (χ3n) is 0.341. The van der Waals surface area contributed by atoms with Crippen LogP contribution in [0.25, 0.3) is 0 Å². The first kappa shape index (κ1) is 17.9. The monoisotopic (exact) mass is 330 g/mol. The summed E-state index contributed by atoms with van der Waals surface area (Å²) < 4.78 is 6.47. The number of hydrogen-bond acceptors (Lipinski definition) is 5. The quantitative estimate of drug-likeness (QED) is 0.490. The van der Waals surface area contributed by atoms with Gasteiger partial charge in [0.15, 0.2) is 0 Å². The predicted molar refractivity (Wildman–Crippen MR) is 23.6 cm³/mol. The van der Waals surface area contributed by atoms with Crippen molar-refractivity contribution in [3.8, 4) is 0 Å². The Morgan fingerprint density at radius 3 is 1.25 bits per heavy atom. The van der Waals surface area contributed by atoms with Crippen molar-refractivity contribution in [3.63, 3.8) is 0 Å². The number of hydrogen-bond donors (Lipinski definition) is 2. The first-order chi connectivity index (χ1) is 4.52. The normalized spacial score (nSPS) is 6.67. The fraction of sp³-hybridized carbons (Fsp3) is 0. The van der Waals surface area contributed by atoms with Gasteiger partial charge in [-0.25, -0.2) is 14.4 Å². The van der Waals surface area contributed by atoms with E-state index >= 15 is 0 Å². The molecule has 0 aliphatic heterocycles. The summed E-state index contributed by atoms with van der Waals surface area (Å²) in [5.74, 6) is 0. The molecule has 9 heteroatoms. The molecule has 0 unspecified atom stereocenters. The van der Waals surface area contributed by atoms with Crippen LogP contribution in [0.3, 0.4) is 0 Å². The standard InChI is InChI=1S/C3H2O7.2Zr/c4-1(5)9-3(8)10-2(6)7;;/h(H,4,5)(H,6,7);;. The summed E-state index contributed by atoms with van der Waals surface area (Å²) in [5.41, 5.74) is 0. The van der Waals surface area contributed by atoms with Gasteiger partial charge in [-0.2, -0.15) is 0 Å². The van der Waals surface area contributed by atoms with Crippen LogP contribution in [0.15, 0.2) is 0 Å². The molecule has 0 aromatic carbocycles. The van der Waals surface area contributed by atoms with Crippen LogP contribution >= 0.6 is 0 Å². The van der Waals surface area contributed by atoms with Crippen LogP contribution in [-0.2, 0) is 61.9 Å². The summed E-state index contributed by atoms with van der Waals surface area (Å²) in [7, 11) is 0. The maximum Gasteiger partial charge on any atom is 0.528 e. The maximum atomic E-state index is 9.86. The summed E-state index contributed by atoms with van der Waals surface area (Å²) in [5, 5.41) is 15.4. The first-order valence-electron chi connectivity index (χ1n) is 1.88. The number of carbonyl (C=O) groups excluding carboxylic acids is 1. The van der Waals surface area contributed by atoms with Gasteiger partial charge in [-0.3, -0.25) is 0 Å². The minimum atomic E-state index is -1.92. The molecule has 0 fully saturated rings. The van der Waals surface area contributed by atoms with Gasteiger partial charge in [-0.05, 0) is 0 Å². The fourth-order valence-electron chi connectivity index (χ4n) is 0.163. The fourth-order valence-corrected chi connectivity index (χ4v) is 0.163. The minimum Gasteiger partial charge on any atom is -0.449 e. The molecule has 7 nitrogen and oxygen atoms in total. The second kappa shape index (κ2) is 9.07. The molecule has 2 N–H and O–H groups in total. The molecule has 0 atom stereocenters. The number of carboxylic acid groups (broad SMARTS) is 2. The van der Waals surface area contributed by atoms with Gasteiger partial charge >= 0.3 is 18.5 Å². The third kappa shape index (κ3) is 12.6. The molecule has 0 aliphatic rings. The van der Waals surface area contributed by atoms with Gasteiger partial charge in [0.25, 0.3) is 0 Å². The number of carbonyl (C=O) groups is 3.